The standard InChI is InChI=1S/C20H16N2O3/c1-22-15(10-11-21-22)19-17(24-2)9-8-14-16(23)12-18(25-20(14)19)13-6-4-3-5-7-13/h3-12H,1-2H3. The number of nitrogens with zero attached hydrogens (tertiary/aromatic N) is 2. The molecule has 0 aliphatic heterocycles. The molecule has 0 radical (unpaired) electrons. The molecule has 0 spiro atoms. The number of benzene rings is 2. The zero-order chi connectivity index (χ0) is 17.4. The second-order valence-electron chi connectivity index (χ2n) is 5.70. The Morgan fingerprint density at radius 3 is 2.56 bits per heavy atom. The van der Waals surface area contributed by atoms with Gasteiger partial charge in [0.05, 0.1) is 23.8 Å². The second-order valence-corrected chi connectivity index (χ2v) is 5.70. The van der Waals surface area contributed by atoms with E-state index >= 15 is 0 Å². The lowest BCUT2D eigenvalue weighted by atomic mass is 10.0. The van der Waals surface area contributed by atoms with Gasteiger partial charge in [-0.1, -0.05) is 30.3 Å². The Kier molecular flexibility index (Phi) is 3.61. The maximum atomic E-state index is 12.7. The van der Waals surface area contributed by atoms with Crippen molar-refractivity contribution in [3.63, 3.8) is 0 Å². The molecule has 4 rings (SSSR count). The van der Waals surface area contributed by atoms with Crippen molar-refractivity contribution in [3.8, 4) is 28.3 Å². The summed E-state index contributed by atoms with van der Waals surface area (Å²) in [5.41, 5.74) is 2.78. The van der Waals surface area contributed by atoms with Gasteiger partial charge in [0.2, 0.25) is 0 Å². The van der Waals surface area contributed by atoms with Crippen LogP contribution >= 0.6 is 0 Å². The summed E-state index contributed by atoms with van der Waals surface area (Å²) in [5.74, 6) is 1.15. The van der Waals surface area contributed by atoms with Gasteiger partial charge in [-0.25, -0.2) is 0 Å². The number of rotatable bonds is 3. The Morgan fingerprint density at radius 2 is 1.88 bits per heavy atom. The molecule has 2 aromatic carbocycles. The number of hydrogen-bond acceptors (Lipinski definition) is 4. The molecule has 0 unspecified atom stereocenters. The average Bonchev–Trinajstić information content (AvgIpc) is 3.07. The van der Waals surface area contributed by atoms with Gasteiger partial charge in [-0.15, -0.1) is 0 Å². The highest BCUT2D eigenvalue weighted by molar-refractivity contribution is 5.95. The lowest BCUT2D eigenvalue weighted by molar-refractivity contribution is 0.415. The van der Waals surface area contributed by atoms with E-state index in [-0.39, 0.29) is 5.43 Å². The maximum absolute atomic E-state index is 12.7. The zero-order valence-electron chi connectivity index (χ0n) is 13.9. The van der Waals surface area contributed by atoms with E-state index in [1.165, 1.54) is 6.07 Å². The normalized spacial score (nSPS) is 11.0. The maximum Gasteiger partial charge on any atom is 0.193 e. The smallest absolute Gasteiger partial charge is 0.193 e. The molecule has 0 saturated heterocycles. The van der Waals surface area contributed by atoms with Gasteiger partial charge in [0.25, 0.3) is 0 Å². The summed E-state index contributed by atoms with van der Waals surface area (Å²) < 4.78 is 13.4. The van der Waals surface area contributed by atoms with Gasteiger partial charge in [0, 0.05) is 24.9 Å². The zero-order valence-corrected chi connectivity index (χ0v) is 13.9. The van der Waals surface area contributed by atoms with Crippen LogP contribution in [0.15, 0.2) is 70.0 Å². The minimum atomic E-state index is -0.0915. The van der Waals surface area contributed by atoms with E-state index in [2.05, 4.69) is 5.10 Å². The van der Waals surface area contributed by atoms with E-state index in [9.17, 15) is 4.79 Å². The third-order valence-electron chi connectivity index (χ3n) is 4.21. The number of ether oxygens (including phenoxy) is 1. The Balaban J connectivity index is 2.10. The van der Waals surface area contributed by atoms with Crippen molar-refractivity contribution >= 4 is 11.0 Å². The van der Waals surface area contributed by atoms with E-state index in [4.69, 9.17) is 9.15 Å². The Labute approximate surface area is 144 Å². The monoisotopic (exact) mass is 332 g/mol. The van der Waals surface area contributed by atoms with Crippen molar-refractivity contribution in [2.75, 3.05) is 7.11 Å². The molecule has 0 bridgehead atoms. The summed E-state index contributed by atoms with van der Waals surface area (Å²) >= 11 is 0. The van der Waals surface area contributed by atoms with Crippen LogP contribution in [-0.2, 0) is 7.05 Å². The van der Waals surface area contributed by atoms with Crippen molar-refractivity contribution < 1.29 is 9.15 Å². The third-order valence-corrected chi connectivity index (χ3v) is 4.21. The fourth-order valence-corrected chi connectivity index (χ4v) is 2.98. The van der Waals surface area contributed by atoms with Gasteiger partial charge in [0.15, 0.2) is 11.0 Å². The predicted molar refractivity (Wildman–Crippen MR) is 96.7 cm³/mol. The highest BCUT2D eigenvalue weighted by atomic mass is 16.5. The van der Waals surface area contributed by atoms with Crippen LogP contribution in [0.5, 0.6) is 5.75 Å². The molecule has 124 valence electrons. The molecular formula is C20H16N2O3. The largest absolute Gasteiger partial charge is 0.496 e. The van der Waals surface area contributed by atoms with Crippen molar-refractivity contribution in [2.45, 2.75) is 0 Å². The summed E-state index contributed by atoms with van der Waals surface area (Å²) in [4.78, 5) is 12.7. The molecule has 2 aromatic heterocycles. The lowest BCUT2D eigenvalue weighted by Crippen LogP contribution is -2.03. The minimum Gasteiger partial charge on any atom is -0.496 e. The van der Waals surface area contributed by atoms with E-state index in [1.54, 1.807) is 30.1 Å². The predicted octanol–water partition coefficient (Wildman–Crippen LogP) is 3.87. The van der Waals surface area contributed by atoms with Crippen LogP contribution in [0, 0.1) is 0 Å². The van der Waals surface area contributed by atoms with Gasteiger partial charge in [0.1, 0.15) is 11.5 Å². The summed E-state index contributed by atoms with van der Waals surface area (Å²) in [6, 6.07) is 16.5. The lowest BCUT2D eigenvalue weighted by Gasteiger charge is -2.12. The molecule has 4 aromatic rings. The van der Waals surface area contributed by atoms with Gasteiger partial charge < -0.3 is 9.15 Å². The van der Waals surface area contributed by atoms with Crippen LogP contribution in [0.1, 0.15) is 0 Å². The molecule has 0 N–H and O–H groups in total. The van der Waals surface area contributed by atoms with Crippen molar-refractivity contribution in [3.05, 3.63) is 71.0 Å². The summed E-state index contributed by atoms with van der Waals surface area (Å²) in [6.07, 6.45) is 1.70. The molecule has 2 heterocycles. The van der Waals surface area contributed by atoms with E-state index in [0.717, 1.165) is 16.8 Å². The number of aromatic nitrogens is 2. The molecule has 5 heteroatoms. The van der Waals surface area contributed by atoms with Crippen molar-refractivity contribution in [2.24, 2.45) is 7.05 Å². The van der Waals surface area contributed by atoms with Gasteiger partial charge in [-0.05, 0) is 18.2 Å². The van der Waals surface area contributed by atoms with Gasteiger partial charge in [-0.3, -0.25) is 9.48 Å². The van der Waals surface area contributed by atoms with Crippen LogP contribution < -0.4 is 10.2 Å². The Hall–Kier alpha value is -3.34. The molecule has 0 amide bonds. The Bertz CT molecular complexity index is 1110. The van der Waals surface area contributed by atoms with E-state index < -0.39 is 0 Å². The van der Waals surface area contributed by atoms with Crippen LogP contribution in [0.3, 0.4) is 0 Å². The fraction of sp³-hybridized carbons (Fsp3) is 0.100. The molecule has 0 aliphatic rings. The fourth-order valence-electron chi connectivity index (χ4n) is 2.98. The average molecular weight is 332 g/mol. The Morgan fingerprint density at radius 1 is 1.08 bits per heavy atom. The van der Waals surface area contributed by atoms with Crippen molar-refractivity contribution in [1.82, 2.24) is 9.78 Å². The van der Waals surface area contributed by atoms with Gasteiger partial charge >= 0.3 is 0 Å². The molecule has 5 nitrogen and oxygen atoms in total. The molecule has 0 aliphatic carbocycles. The highest BCUT2D eigenvalue weighted by Crippen LogP contribution is 2.37. The first kappa shape index (κ1) is 15.2. The minimum absolute atomic E-state index is 0.0915. The summed E-state index contributed by atoms with van der Waals surface area (Å²) in [5, 5.41) is 4.73. The first-order chi connectivity index (χ1) is 12.2. The molecule has 0 saturated carbocycles. The molecule has 0 fully saturated rings. The van der Waals surface area contributed by atoms with Crippen LogP contribution in [0.4, 0.5) is 0 Å². The third kappa shape index (κ3) is 2.50. The second kappa shape index (κ2) is 5.94. The topological polar surface area (TPSA) is 57.3 Å². The van der Waals surface area contributed by atoms with Crippen LogP contribution in [0.25, 0.3) is 33.6 Å². The number of aryl methyl sites for hydroxylation is 1. The van der Waals surface area contributed by atoms with Crippen LogP contribution in [0.2, 0.25) is 0 Å². The van der Waals surface area contributed by atoms with E-state index in [0.29, 0.717) is 22.5 Å². The van der Waals surface area contributed by atoms with E-state index in [1.807, 2.05) is 43.4 Å². The first-order valence-electron chi connectivity index (χ1n) is 7.87. The van der Waals surface area contributed by atoms with Crippen molar-refractivity contribution in [1.29, 1.82) is 0 Å². The first-order valence-corrected chi connectivity index (χ1v) is 7.87. The highest BCUT2D eigenvalue weighted by Gasteiger charge is 2.18. The summed E-state index contributed by atoms with van der Waals surface area (Å²) in [6.45, 7) is 0. The number of fused-ring (bicyclic) bond motifs is 1. The van der Waals surface area contributed by atoms with Gasteiger partial charge in [-0.2, -0.15) is 5.10 Å². The molecule has 0 atom stereocenters. The van der Waals surface area contributed by atoms with Crippen LogP contribution in [-0.4, -0.2) is 16.9 Å². The number of hydrogen-bond donors (Lipinski definition) is 0. The molecule has 25 heavy (non-hydrogen) atoms. The number of methoxy groups -OCH3 is 1. The SMILES string of the molecule is COc1ccc2c(=O)cc(-c3ccccc3)oc2c1-c1ccnn1C. The quantitative estimate of drug-likeness (QED) is 0.571. The summed E-state index contributed by atoms with van der Waals surface area (Å²) in [7, 11) is 3.44. The molecular weight excluding hydrogens is 316 g/mol.